The first-order chi connectivity index (χ1) is 9.97. The lowest BCUT2D eigenvalue weighted by molar-refractivity contribution is 0.100. The van der Waals surface area contributed by atoms with Gasteiger partial charge in [-0.2, -0.15) is 5.10 Å². The highest BCUT2D eigenvalue weighted by Crippen LogP contribution is 2.22. The van der Waals surface area contributed by atoms with Crippen LogP contribution in [0.1, 0.15) is 29.8 Å². The minimum atomic E-state index is -0.480. The summed E-state index contributed by atoms with van der Waals surface area (Å²) in [7, 11) is 0. The topological polar surface area (TPSA) is 72.9 Å². The van der Waals surface area contributed by atoms with Gasteiger partial charge >= 0.3 is 0 Å². The SMILES string of the molecule is CC(C)CNCc1ccc(-n2cc(C(N)=O)cn2)c(Br)c1. The molecule has 6 heteroatoms. The van der Waals surface area contributed by atoms with Crippen LogP contribution in [0.5, 0.6) is 0 Å². The van der Waals surface area contributed by atoms with E-state index in [1.165, 1.54) is 11.8 Å². The molecule has 2 rings (SSSR count). The summed E-state index contributed by atoms with van der Waals surface area (Å²) in [5.74, 6) is 0.149. The fraction of sp³-hybridized carbons (Fsp3) is 0.333. The predicted octanol–water partition coefficient (Wildman–Crippen LogP) is 2.48. The minimum absolute atomic E-state index is 0.393. The van der Waals surface area contributed by atoms with E-state index in [2.05, 4.69) is 40.2 Å². The monoisotopic (exact) mass is 350 g/mol. The average Bonchev–Trinajstić information content (AvgIpc) is 2.88. The number of carbonyl (C=O) groups excluding carboxylic acids is 1. The van der Waals surface area contributed by atoms with E-state index in [4.69, 9.17) is 5.73 Å². The lowest BCUT2D eigenvalue weighted by Gasteiger charge is -2.10. The molecule has 0 atom stereocenters. The van der Waals surface area contributed by atoms with Crippen molar-refractivity contribution in [1.82, 2.24) is 15.1 Å². The van der Waals surface area contributed by atoms with Gasteiger partial charge < -0.3 is 11.1 Å². The number of hydrogen-bond acceptors (Lipinski definition) is 3. The Kier molecular flexibility index (Phi) is 5.14. The van der Waals surface area contributed by atoms with Crippen molar-refractivity contribution in [3.05, 3.63) is 46.2 Å². The molecule has 5 nitrogen and oxygen atoms in total. The highest BCUT2D eigenvalue weighted by molar-refractivity contribution is 9.10. The molecule has 0 saturated carbocycles. The van der Waals surface area contributed by atoms with Crippen molar-refractivity contribution in [1.29, 1.82) is 0 Å². The number of halogens is 1. The highest BCUT2D eigenvalue weighted by Gasteiger charge is 2.08. The van der Waals surface area contributed by atoms with Crippen molar-refractivity contribution in [3.63, 3.8) is 0 Å². The van der Waals surface area contributed by atoms with Crippen molar-refractivity contribution in [2.24, 2.45) is 11.7 Å². The number of carbonyl (C=O) groups is 1. The third-order valence-corrected chi connectivity index (χ3v) is 3.64. The van der Waals surface area contributed by atoms with E-state index in [1.807, 2.05) is 18.2 Å². The molecular weight excluding hydrogens is 332 g/mol. The van der Waals surface area contributed by atoms with E-state index in [0.29, 0.717) is 11.5 Å². The molecule has 2 aromatic rings. The Morgan fingerprint density at radius 1 is 1.48 bits per heavy atom. The maximum atomic E-state index is 11.1. The average molecular weight is 351 g/mol. The molecule has 1 heterocycles. The molecule has 0 aliphatic heterocycles. The summed E-state index contributed by atoms with van der Waals surface area (Å²) >= 11 is 3.55. The lowest BCUT2D eigenvalue weighted by atomic mass is 10.2. The third kappa shape index (κ3) is 4.15. The van der Waals surface area contributed by atoms with Gasteiger partial charge in [0.15, 0.2) is 0 Å². The maximum Gasteiger partial charge on any atom is 0.251 e. The molecule has 0 saturated heterocycles. The molecule has 0 aliphatic rings. The Bertz CT molecular complexity index is 636. The van der Waals surface area contributed by atoms with E-state index in [-0.39, 0.29) is 0 Å². The van der Waals surface area contributed by atoms with Crippen LogP contribution in [-0.2, 0) is 6.54 Å². The normalized spacial score (nSPS) is 11.0. The summed E-state index contributed by atoms with van der Waals surface area (Å²) in [5.41, 5.74) is 7.69. The van der Waals surface area contributed by atoms with Crippen LogP contribution >= 0.6 is 15.9 Å². The van der Waals surface area contributed by atoms with E-state index in [0.717, 1.165) is 23.2 Å². The molecule has 3 N–H and O–H groups in total. The molecule has 112 valence electrons. The fourth-order valence-electron chi connectivity index (χ4n) is 1.93. The Morgan fingerprint density at radius 3 is 2.81 bits per heavy atom. The molecule has 0 unspecified atom stereocenters. The van der Waals surface area contributed by atoms with Crippen molar-refractivity contribution in [2.45, 2.75) is 20.4 Å². The Balaban J connectivity index is 2.13. The van der Waals surface area contributed by atoms with Gasteiger partial charge in [0.1, 0.15) is 0 Å². The molecule has 21 heavy (non-hydrogen) atoms. The van der Waals surface area contributed by atoms with Gasteiger partial charge in [-0.05, 0) is 46.1 Å². The van der Waals surface area contributed by atoms with Crippen LogP contribution in [0.4, 0.5) is 0 Å². The van der Waals surface area contributed by atoms with E-state index in [1.54, 1.807) is 10.9 Å². The molecule has 0 aliphatic carbocycles. The Morgan fingerprint density at radius 2 is 2.24 bits per heavy atom. The Labute approximate surface area is 132 Å². The van der Waals surface area contributed by atoms with Crippen LogP contribution in [-0.4, -0.2) is 22.2 Å². The van der Waals surface area contributed by atoms with Gasteiger partial charge in [-0.1, -0.05) is 19.9 Å². The van der Waals surface area contributed by atoms with E-state index in [9.17, 15) is 4.79 Å². The first-order valence-electron chi connectivity index (χ1n) is 6.81. The molecule has 0 spiro atoms. The number of nitrogens with one attached hydrogen (secondary N) is 1. The number of rotatable bonds is 6. The summed E-state index contributed by atoms with van der Waals surface area (Å²) in [5, 5.41) is 7.56. The minimum Gasteiger partial charge on any atom is -0.366 e. The molecule has 0 fully saturated rings. The van der Waals surface area contributed by atoms with Crippen LogP contribution < -0.4 is 11.1 Å². The smallest absolute Gasteiger partial charge is 0.251 e. The van der Waals surface area contributed by atoms with E-state index >= 15 is 0 Å². The maximum absolute atomic E-state index is 11.1. The van der Waals surface area contributed by atoms with Gasteiger partial charge in [0.2, 0.25) is 0 Å². The second-order valence-electron chi connectivity index (χ2n) is 5.35. The number of amides is 1. The van der Waals surface area contributed by atoms with Gasteiger partial charge in [0.05, 0.1) is 17.4 Å². The number of nitrogens with zero attached hydrogens (tertiary/aromatic N) is 2. The molecular formula is C15H19BrN4O. The number of hydrogen-bond donors (Lipinski definition) is 2. The lowest BCUT2D eigenvalue weighted by Crippen LogP contribution is -2.18. The molecule has 1 aromatic carbocycles. The molecule has 1 amide bonds. The van der Waals surface area contributed by atoms with Crippen LogP contribution in [0.15, 0.2) is 35.1 Å². The first kappa shape index (κ1) is 15.7. The molecule has 0 radical (unpaired) electrons. The first-order valence-corrected chi connectivity index (χ1v) is 7.60. The summed E-state index contributed by atoms with van der Waals surface area (Å²) in [4.78, 5) is 11.1. The van der Waals surface area contributed by atoms with Gasteiger partial charge in [-0.3, -0.25) is 4.79 Å². The number of benzene rings is 1. The second-order valence-corrected chi connectivity index (χ2v) is 6.20. The summed E-state index contributed by atoms with van der Waals surface area (Å²) in [6.45, 7) is 6.17. The van der Waals surface area contributed by atoms with E-state index < -0.39 is 5.91 Å². The van der Waals surface area contributed by atoms with Crippen LogP contribution in [0.2, 0.25) is 0 Å². The summed E-state index contributed by atoms with van der Waals surface area (Å²) < 4.78 is 2.56. The number of aromatic nitrogens is 2. The molecule has 0 bridgehead atoms. The fourth-order valence-corrected chi connectivity index (χ4v) is 2.54. The number of nitrogens with two attached hydrogens (primary N) is 1. The number of primary amides is 1. The third-order valence-electron chi connectivity index (χ3n) is 3.01. The van der Waals surface area contributed by atoms with Crippen molar-refractivity contribution in [2.75, 3.05) is 6.54 Å². The van der Waals surface area contributed by atoms with Gasteiger partial charge in [0.25, 0.3) is 5.91 Å². The van der Waals surface area contributed by atoms with Crippen molar-refractivity contribution in [3.8, 4) is 5.69 Å². The standard InChI is InChI=1S/C15H19BrN4O/c1-10(2)6-18-7-11-3-4-14(13(16)5-11)20-9-12(8-19-20)15(17)21/h3-5,8-10,18H,6-7H2,1-2H3,(H2,17,21). The predicted molar refractivity (Wildman–Crippen MR) is 86.3 cm³/mol. The molecule has 1 aromatic heterocycles. The highest BCUT2D eigenvalue weighted by atomic mass is 79.9. The van der Waals surface area contributed by atoms with Crippen molar-refractivity contribution >= 4 is 21.8 Å². The zero-order valence-electron chi connectivity index (χ0n) is 12.1. The van der Waals surface area contributed by atoms with Crippen LogP contribution in [0, 0.1) is 5.92 Å². The largest absolute Gasteiger partial charge is 0.366 e. The van der Waals surface area contributed by atoms with Crippen LogP contribution in [0.3, 0.4) is 0 Å². The van der Waals surface area contributed by atoms with Crippen LogP contribution in [0.25, 0.3) is 5.69 Å². The van der Waals surface area contributed by atoms with Gasteiger partial charge in [-0.25, -0.2) is 4.68 Å². The summed E-state index contributed by atoms with van der Waals surface area (Å²) in [6.07, 6.45) is 3.09. The Hall–Kier alpha value is -1.66. The zero-order chi connectivity index (χ0) is 15.4. The van der Waals surface area contributed by atoms with Gasteiger partial charge in [0, 0.05) is 17.2 Å². The van der Waals surface area contributed by atoms with Crippen molar-refractivity contribution < 1.29 is 4.79 Å². The zero-order valence-corrected chi connectivity index (χ0v) is 13.7. The summed E-state index contributed by atoms with van der Waals surface area (Å²) in [6, 6.07) is 6.06. The second kappa shape index (κ2) is 6.87. The quantitative estimate of drug-likeness (QED) is 0.840. The van der Waals surface area contributed by atoms with Gasteiger partial charge in [-0.15, -0.1) is 0 Å².